The summed E-state index contributed by atoms with van der Waals surface area (Å²) in [5.74, 6) is 2.34. The summed E-state index contributed by atoms with van der Waals surface area (Å²) in [5.41, 5.74) is 0.792. The lowest BCUT2D eigenvalue weighted by Gasteiger charge is -2.20. The number of aryl methyl sites for hydroxylation is 2. The fraction of sp³-hybridized carbons (Fsp3) is 0.688. The zero-order valence-electron chi connectivity index (χ0n) is 13.9. The molecule has 2 rings (SSSR count). The molecule has 116 valence electrons. The molecule has 0 saturated carbocycles. The Bertz CT molecular complexity index is 591. The largest absolute Gasteiger partial charge is 0.425 e. The van der Waals surface area contributed by atoms with Crippen LogP contribution in [0.5, 0.6) is 0 Å². The van der Waals surface area contributed by atoms with Crippen LogP contribution in [0.15, 0.2) is 15.0 Å². The van der Waals surface area contributed by atoms with Gasteiger partial charge in [-0.05, 0) is 19.8 Å². The van der Waals surface area contributed by atoms with Crippen LogP contribution < -0.4 is 0 Å². The summed E-state index contributed by atoms with van der Waals surface area (Å²) in [6.45, 7) is 12.5. The quantitative estimate of drug-likeness (QED) is 0.834. The van der Waals surface area contributed by atoms with Gasteiger partial charge in [-0.2, -0.15) is 0 Å². The molecular formula is C16H25N3O2. The van der Waals surface area contributed by atoms with E-state index in [2.05, 4.69) is 50.0 Å². The molecule has 5 heteroatoms. The fourth-order valence-corrected chi connectivity index (χ4v) is 2.15. The Morgan fingerprint density at radius 3 is 2.33 bits per heavy atom. The van der Waals surface area contributed by atoms with Gasteiger partial charge in [-0.1, -0.05) is 39.8 Å². The Morgan fingerprint density at radius 1 is 1.10 bits per heavy atom. The molecule has 0 saturated heterocycles. The van der Waals surface area contributed by atoms with E-state index >= 15 is 0 Å². The van der Waals surface area contributed by atoms with E-state index in [0.717, 1.165) is 30.7 Å². The molecule has 2 aromatic heterocycles. The summed E-state index contributed by atoms with van der Waals surface area (Å²) in [7, 11) is 0. The lowest BCUT2D eigenvalue weighted by Crippen LogP contribution is -2.16. The number of hydrogen-bond acceptors (Lipinski definition) is 5. The van der Waals surface area contributed by atoms with Crippen LogP contribution in [0.2, 0.25) is 0 Å². The molecule has 0 atom stereocenters. The van der Waals surface area contributed by atoms with Crippen molar-refractivity contribution < 1.29 is 8.94 Å². The second kappa shape index (κ2) is 5.62. The van der Waals surface area contributed by atoms with Crippen molar-refractivity contribution in [1.29, 1.82) is 0 Å². The molecule has 0 amide bonds. The summed E-state index contributed by atoms with van der Waals surface area (Å²) in [5, 5.41) is 12.2. The third-order valence-corrected chi connectivity index (χ3v) is 3.60. The molecular weight excluding hydrogens is 266 g/mol. The van der Waals surface area contributed by atoms with Gasteiger partial charge in [0.1, 0.15) is 5.76 Å². The standard InChI is InChI=1S/C16H25N3O2/c1-11-10-12(21-19-11)16(5,6)9-7-8-13-17-18-14(20-13)15(2,3)4/h10H,7-9H2,1-6H3. The van der Waals surface area contributed by atoms with Gasteiger partial charge in [-0.15, -0.1) is 10.2 Å². The zero-order chi connectivity index (χ0) is 15.7. The lowest BCUT2D eigenvalue weighted by molar-refractivity contribution is 0.296. The summed E-state index contributed by atoms with van der Waals surface area (Å²) in [6, 6.07) is 2.00. The van der Waals surface area contributed by atoms with Crippen LogP contribution in [0.3, 0.4) is 0 Å². The van der Waals surface area contributed by atoms with E-state index in [0.29, 0.717) is 11.8 Å². The highest BCUT2D eigenvalue weighted by Crippen LogP contribution is 2.29. The topological polar surface area (TPSA) is 65.0 Å². The van der Waals surface area contributed by atoms with E-state index in [1.54, 1.807) is 0 Å². The van der Waals surface area contributed by atoms with Crippen molar-refractivity contribution in [3.8, 4) is 0 Å². The number of aromatic nitrogens is 3. The second-order valence-electron chi connectivity index (χ2n) is 7.32. The van der Waals surface area contributed by atoms with Crippen LogP contribution in [0.4, 0.5) is 0 Å². The van der Waals surface area contributed by atoms with Crippen molar-refractivity contribution in [3.63, 3.8) is 0 Å². The van der Waals surface area contributed by atoms with Gasteiger partial charge in [0, 0.05) is 23.3 Å². The first kappa shape index (κ1) is 15.7. The number of hydrogen-bond donors (Lipinski definition) is 0. The SMILES string of the molecule is Cc1cc(C(C)(C)CCCc2nnc(C(C)(C)C)o2)on1. The van der Waals surface area contributed by atoms with Crippen molar-refractivity contribution in [1.82, 2.24) is 15.4 Å². The zero-order valence-corrected chi connectivity index (χ0v) is 13.9. The highest BCUT2D eigenvalue weighted by atomic mass is 16.5. The summed E-state index contributed by atoms with van der Waals surface area (Å²) in [4.78, 5) is 0. The van der Waals surface area contributed by atoms with Crippen LogP contribution in [0.25, 0.3) is 0 Å². The normalized spacial score (nSPS) is 12.9. The highest BCUT2D eigenvalue weighted by Gasteiger charge is 2.26. The van der Waals surface area contributed by atoms with Crippen molar-refractivity contribution in [2.24, 2.45) is 0 Å². The van der Waals surface area contributed by atoms with Gasteiger partial charge in [0.25, 0.3) is 0 Å². The number of rotatable bonds is 5. The van der Waals surface area contributed by atoms with Crippen LogP contribution in [0.1, 0.15) is 70.7 Å². The van der Waals surface area contributed by atoms with Gasteiger partial charge in [-0.3, -0.25) is 0 Å². The minimum absolute atomic E-state index is 0.0336. The van der Waals surface area contributed by atoms with Gasteiger partial charge < -0.3 is 8.94 Å². The molecule has 21 heavy (non-hydrogen) atoms. The first-order valence-corrected chi connectivity index (χ1v) is 7.45. The van der Waals surface area contributed by atoms with Crippen LogP contribution in [0, 0.1) is 6.92 Å². The highest BCUT2D eigenvalue weighted by molar-refractivity contribution is 5.13. The first-order chi connectivity index (χ1) is 9.68. The smallest absolute Gasteiger partial charge is 0.221 e. The average Bonchev–Trinajstić information content (AvgIpc) is 2.97. The fourth-order valence-electron chi connectivity index (χ4n) is 2.15. The molecule has 2 heterocycles. The predicted octanol–water partition coefficient (Wildman–Crippen LogP) is 3.96. The minimum atomic E-state index is -0.0954. The average molecular weight is 291 g/mol. The van der Waals surface area contributed by atoms with Crippen LogP contribution in [-0.2, 0) is 17.3 Å². The van der Waals surface area contributed by atoms with Crippen LogP contribution in [-0.4, -0.2) is 15.4 Å². The maximum absolute atomic E-state index is 5.71. The van der Waals surface area contributed by atoms with Crippen LogP contribution >= 0.6 is 0 Å². The molecule has 0 radical (unpaired) electrons. The molecule has 2 aromatic rings. The van der Waals surface area contributed by atoms with Gasteiger partial charge in [0.05, 0.1) is 5.69 Å². The molecule has 0 aliphatic rings. The summed E-state index contributed by atoms with van der Waals surface area (Å²) in [6.07, 6.45) is 2.74. The molecule has 0 bridgehead atoms. The van der Waals surface area contributed by atoms with E-state index in [1.807, 2.05) is 13.0 Å². The summed E-state index contributed by atoms with van der Waals surface area (Å²) >= 11 is 0. The summed E-state index contributed by atoms with van der Waals surface area (Å²) < 4.78 is 11.1. The van der Waals surface area contributed by atoms with Crippen molar-refractivity contribution in [2.45, 2.75) is 71.6 Å². The Labute approximate surface area is 126 Å². The molecule has 0 spiro atoms. The first-order valence-electron chi connectivity index (χ1n) is 7.45. The molecule has 0 fully saturated rings. The molecule has 5 nitrogen and oxygen atoms in total. The van der Waals surface area contributed by atoms with E-state index in [-0.39, 0.29) is 10.8 Å². The second-order valence-corrected chi connectivity index (χ2v) is 7.32. The van der Waals surface area contributed by atoms with Crippen molar-refractivity contribution in [3.05, 3.63) is 29.3 Å². The molecule has 0 N–H and O–H groups in total. The van der Waals surface area contributed by atoms with E-state index < -0.39 is 0 Å². The maximum atomic E-state index is 5.71. The molecule has 0 unspecified atom stereocenters. The van der Waals surface area contributed by atoms with Gasteiger partial charge in [0.15, 0.2) is 0 Å². The van der Waals surface area contributed by atoms with Crippen molar-refractivity contribution >= 4 is 0 Å². The predicted molar refractivity (Wildman–Crippen MR) is 80.2 cm³/mol. The monoisotopic (exact) mass is 291 g/mol. The Balaban J connectivity index is 1.91. The molecule has 0 aliphatic carbocycles. The Hall–Kier alpha value is -1.65. The van der Waals surface area contributed by atoms with Gasteiger partial charge in [-0.25, -0.2) is 0 Å². The van der Waals surface area contributed by atoms with E-state index in [9.17, 15) is 0 Å². The Morgan fingerprint density at radius 2 is 1.81 bits per heavy atom. The van der Waals surface area contributed by atoms with E-state index in [1.165, 1.54) is 0 Å². The minimum Gasteiger partial charge on any atom is -0.425 e. The van der Waals surface area contributed by atoms with Gasteiger partial charge >= 0.3 is 0 Å². The van der Waals surface area contributed by atoms with E-state index in [4.69, 9.17) is 8.94 Å². The maximum Gasteiger partial charge on any atom is 0.221 e. The molecule has 0 aliphatic heterocycles. The van der Waals surface area contributed by atoms with Crippen molar-refractivity contribution in [2.75, 3.05) is 0 Å². The Kier molecular flexibility index (Phi) is 4.21. The number of nitrogens with zero attached hydrogens (tertiary/aromatic N) is 3. The molecule has 0 aromatic carbocycles. The third-order valence-electron chi connectivity index (χ3n) is 3.60. The third kappa shape index (κ3) is 3.93. The van der Waals surface area contributed by atoms with Gasteiger partial charge in [0.2, 0.25) is 11.8 Å². The lowest BCUT2D eigenvalue weighted by atomic mass is 9.84.